The summed E-state index contributed by atoms with van der Waals surface area (Å²) in [6.07, 6.45) is 8.20. The fourth-order valence-electron chi connectivity index (χ4n) is 3.44. The van der Waals surface area contributed by atoms with E-state index in [1.165, 1.54) is 37.9 Å². The van der Waals surface area contributed by atoms with Crippen LogP contribution in [0.15, 0.2) is 12.4 Å². The van der Waals surface area contributed by atoms with Crippen molar-refractivity contribution < 1.29 is 0 Å². The molecule has 0 aromatic carbocycles. The Bertz CT molecular complexity index is 381. The third-order valence-corrected chi connectivity index (χ3v) is 4.33. The fourth-order valence-corrected chi connectivity index (χ4v) is 3.44. The summed E-state index contributed by atoms with van der Waals surface area (Å²) in [6, 6.07) is 0.971. The third kappa shape index (κ3) is 3.41. The molecule has 1 saturated heterocycles. The minimum absolute atomic E-state index is 0.440. The van der Waals surface area contributed by atoms with Crippen molar-refractivity contribution in [1.29, 1.82) is 0 Å². The average Bonchev–Trinajstić information content (AvgIpc) is 2.89. The molecule has 1 aromatic heterocycles. The molecule has 0 spiro atoms. The van der Waals surface area contributed by atoms with Crippen molar-refractivity contribution in [2.75, 3.05) is 26.7 Å². The van der Waals surface area contributed by atoms with Crippen LogP contribution in [0.3, 0.4) is 0 Å². The summed E-state index contributed by atoms with van der Waals surface area (Å²) >= 11 is 0. The lowest BCUT2D eigenvalue weighted by Crippen LogP contribution is -2.42. The molecule has 0 amide bonds. The van der Waals surface area contributed by atoms with E-state index in [1.807, 2.05) is 0 Å². The molecule has 1 N–H and O–H groups in total. The lowest BCUT2D eigenvalue weighted by Gasteiger charge is -2.41. The predicted molar refractivity (Wildman–Crippen MR) is 83.9 cm³/mol. The topological polar surface area (TPSA) is 33.1 Å². The number of nitrogens with one attached hydrogen (secondary N) is 1. The van der Waals surface area contributed by atoms with Gasteiger partial charge in [0.15, 0.2) is 0 Å². The largest absolute Gasteiger partial charge is 0.319 e. The summed E-state index contributed by atoms with van der Waals surface area (Å²) in [5.41, 5.74) is 1.40. The van der Waals surface area contributed by atoms with Gasteiger partial charge < -0.3 is 5.32 Å². The van der Waals surface area contributed by atoms with Crippen molar-refractivity contribution in [2.24, 2.45) is 5.92 Å². The molecule has 0 aliphatic carbocycles. The van der Waals surface area contributed by atoms with Crippen LogP contribution in [0, 0.1) is 5.92 Å². The van der Waals surface area contributed by atoms with E-state index in [-0.39, 0.29) is 0 Å². The van der Waals surface area contributed by atoms with Crippen LogP contribution in [0.5, 0.6) is 0 Å². The zero-order valence-corrected chi connectivity index (χ0v) is 13.5. The number of piperidine rings is 1. The number of nitrogens with zero attached hydrogens (tertiary/aromatic N) is 3. The highest BCUT2D eigenvalue weighted by atomic mass is 15.3. The molecule has 1 aliphatic rings. The lowest BCUT2D eigenvalue weighted by molar-refractivity contribution is 0.0923. The summed E-state index contributed by atoms with van der Waals surface area (Å²) in [4.78, 5) is 2.66. The molecule has 1 aliphatic heterocycles. The van der Waals surface area contributed by atoms with Gasteiger partial charge in [-0.3, -0.25) is 9.58 Å². The summed E-state index contributed by atoms with van der Waals surface area (Å²) in [6.45, 7) is 10.2. The molecule has 1 fully saturated rings. The Labute approximate surface area is 123 Å². The van der Waals surface area contributed by atoms with Crippen LogP contribution >= 0.6 is 0 Å². The molecule has 114 valence electrons. The summed E-state index contributed by atoms with van der Waals surface area (Å²) in [5.74, 6) is 0.699. The fraction of sp³-hybridized carbons (Fsp3) is 0.812. The standard InChI is InChI=1S/C16H30N4/c1-5-8-19-9-6-7-14(10-17-4)16(19)15-11-18-20(12-15)13(2)3/h11-14,16-17H,5-10H2,1-4H3. The van der Waals surface area contributed by atoms with Gasteiger partial charge in [-0.25, -0.2) is 0 Å². The molecule has 1 aromatic rings. The van der Waals surface area contributed by atoms with Crippen LogP contribution in [-0.2, 0) is 0 Å². The van der Waals surface area contributed by atoms with E-state index in [9.17, 15) is 0 Å². The monoisotopic (exact) mass is 278 g/mol. The van der Waals surface area contributed by atoms with Crippen molar-refractivity contribution in [1.82, 2.24) is 20.0 Å². The third-order valence-electron chi connectivity index (χ3n) is 4.33. The van der Waals surface area contributed by atoms with E-state index in [2.05, 4.69) is 60.2 Å². The maximum Gasteiger partial charge on any atom is 0.0537 e. The Kier molecular flexibility index (Phi) is 5.61. The summed E-state index contributed by atoms with van der Waals surface area (Å²) in [5, 5.41) is 7.93. The molecule has 0 radical (unpaired) electrons. The van der Waals surface area contributed by atoms with Crippen LogP contribution in [-0.4, -0.2) is 41.4 Å². The first-order valence-corrected chi connectivity index (χ1v) is 8.10. The van der Waals surface area contributed by atoms with Gasteiger partial charge in [0.25, 0.3) is 0 Å². The van der Waals surface area contributed by atoms with Crippen molar-refractivity contribution >= 4 is 0 Å². The zero-order valence-electron chi connectivity index (χ0n) is 13.5. The van der Waals surface area contributed by atoms with Crippen molar-refractivity contribution in [2.45, 2.75) is 52.1 Å². The van der Waals surface area contributed by atoms with Gasteiger partial charge in [0.05, 0.1) is 6.20 Å². The van der Waals surface area contributed by atoms with Crippen LogP contribution < -0.4 is 5.32 Å². The van der Waals surface area contributed by atoms with Gasteiger partial charge in [0, 0.05) is 23.8 Å². The van der Waals surface area contributed by atoms with Gasteiger partial charge in [-0.15, -0.1) is 0 Å². The number of rotatable bonds is 6. The lowest BCUT2D eigenvalue weighted by atomic mass is 9.85. The Morgan fingerprint density at radius 1 is 1.45 bits per heavy atom. The van der Waals surface area contributed by atoms with E-state index < -0.39 is 0 Å². The highest BCUT2D eigenvalue weighted by Crippen LogP contribution is 2.35. The minimum atomic E-state index is 0.440. The van der Waals surface area contributed by atoms with Gasteiger partial charge in [0.1, 0.15) is 0 Å². The number of likely N-dealkylation sites (tertiary alicyclic amines) is 1. The highest BCUT2D eigenvalue weighted by Gasteiger charge is 2.32. The second-order valence-corrected chi connectivity index (χ2v) is 6.29. The Hall–Kier alpha value is -0.870. The molecule has 4 nitrogen and oxygen atoms in total. The van der Waals surface area contributed by atoms with E-state index in [1.54, 1.807) is 0 Å². The van der Waals surface area contributed by atoms with Crippen molar-refractivity contribution in [3.63, 3.8) is 0 Å². The SMILES string of the molecule is CCCN1CCCC(CNC)C1c1cnn(C(C)C)c1. The molecular weight excluding hydrogens is 248 g/mol. The summed E-state index contributed by atoms with van der Waals surface area (Å²) < 4.78 is 2.09. The second-order valence-electron chi connectivity index (χ2n) is 6.29. The van der Waals surface area contributed by atoms with Crippen molar-refractivity contribution in [3.8, 4) is 0 Å². The Morgan fingerprint density at radius 3 is 2.85 bits per heavy atom. The molecular formula is C16H30N4. The first kappa shape index (κ1) is 15.5. The van der Waals surface area contributed by atoms with E-state index in [0.29, 0.717) is 18.0 Å². The normalized spacial score (nSPS) is 24.4. The summed E-state index contributed by atoms with van der Waals surface area (Å²) in [7, 11) is 2.06. The first-order valence-electron chi connectivity index (χ1n) is 8.10. The Morgan fingerprint density at radius 2 is 2.25 bits per heavy atom. The number of aromatic nitrogens is 2. The highest BCUT2D eigenvalue weighted by molar-refractivity contribution is 5.14. The first-order chi connectivity index (χ1) is 9.67. The molecule has 0 saturated carbocycles. The molecule has 2 unspecified atom stereocenters. The number of hydrogen-bond donors (Lipinski definition) is 1. The van der Waals surface area contributed by atoms with Gasteiger partial charge in [0.2, 0.25) is 0 Å². The van der Waals surface area contributed by atoms with Gasteiger partial charge in [-0.2, -0.15) is 5.10 Å². The average molecular weight is 278 g/mol. The maximum atomic E-state index is 4.55. The van der Waals surface area contributed by atoms with Gasteiger partial charge in [-0.1, -0.05) is 6.92 Å². The van der Waals surface area contributed by atoms with E-state index in [0.717, 1.165) is 6.54 Å². The predicted octanol–water partition coefficient (Wildman–Crippen LogP) is 2.85. The molecule has 2 rings (SSSR count). The molecule has 0 bridgehead atoms. The van der Waals surface area contributed by atoms with Gasteiger partial charge in [-0.05, 0) is 65.7 Å². The van der Waals surface area contributed by atoms with E-state index >= 15 is 0 Å². The van der Waals surface area contributed by atoms with Crippen LogP contribution in [0.2, 0.25) is 0 Å². The smallest absolute Gasteiger partial charge is 0.0537 e. The van der Waals surface area contributed by atoms with Crippen LogP contribution in [0.4, 0.5) is 0 Å². The van der Waals surface area contributed by atoms with E-state index in [4.69, 9.17) is 0 Å². The minimum Gasteiger partial charge on any atom is -0.319 e. The van der Waals surface area contributed by atoms with Crippen LogP contribution in [0.1, 0.15) is 57.7 Å². The molecule has 2 heterocycles. The quantitative estimate of drug-likeness (QED) is 0.868. The molecule has 2 atom stereocenters. The van der Waals surface area contributed by atoms with Crippen LogP contribution in [0.25, 0.3) is 0 Å². The van der Waals surface area contributed by atoms with Crippen molar-refractivity contribution in [3.05, 3.63) is 18.0 Å². The Balaban J connectivity index is 2.22. The maximum absolute atomic E-state index is 4.55. The zero-order chi connectivity index (χ0) is 14.5. The molecule has 4 heteroatoms. The van der Waals surface area contributed by atoms with Gasteiger partial charge >= 0.3 is 0 Å². The second kappa shape index (κ2) is 7.23. The molecule has 20 heavy (non-hydrogen) atoms. The number of hydrogen-bond acceptors (Lipinski definition) is 3.